The maximum Gasteiger partial charge on any atom is 0.228 e. The lowest BCUT2D eigenvalue weighted by Crippen LogP contribution is -2.30. The number of halogens is 2. The smallest absolute Gasteiger partial charge is 0.228 e. The molecule has 0 spiro atoms. The molecule has 21 heavy (non-hydrogen) atoms. The number of carbonyl (C=O) groups is 2. The van der Waals surface area contributed by atoms with Crippen LogP contribution in [0.25, 0.3) is 0 Å². The van der Waals surface area contributed by atoms with E-state index >= 15 is 0 Å². The fourth-order valence-corrected chi connectivity index (χ4v) is 2.75. The van der Waals surface area contributed by atoms with Gasteiger partial charge in [0.05, 0.1) is 17.5 Å². The number of benzene rings is 1. The van der Waals surface area contributed by atoms with Crippen molar-refractivity contribution in [2.75, 3.05) is 18.4 Å². The molecule has 1 aliphatic heterocycles. The Morgan fingerprint density at radius 1 is 1.14 bits per heavy atom. The summed E-state index contributed by atoms with van der Waals surface area (Å²) < 4.78 is 26.3. The highest BCUT2D eigenvalue weighted by molar-refractivity contribution is 5.99. The van der Waals surface area contributed by atoms with Gasteiger partial charge in [-0.2, -0.15) is 0 Å². The van der Waals surface area contributed by atoms with Crippen LogP contribution in [-0.4, -0.2) is 29.8 Å². The molecule has 3 rings (SSSR count). The van der Waals surface area contributed by atoms with Gasteiger partial charge in [-0.05, 0) is 31.4 Å². The monoisotopic (exact) mass is 294 g/mol. The minimum absolute atomic E-state index is 0.0206. The molecule has 1 aromatic rings. The highest BCUT2D eigenvalue weighted by Gasteiger charge is 2.49. The number of likely N-dealkylation sites (tertiary alicyclic amines) is 1. The van der Waals surface area contributed by atoms with Crippen LogP contribution in [0, 0.1) is 23.5 Å². The molecule has 1 aliphatic carbocycles. The molecule has 1 N–H and O–H groups in total. The van der Waals surface area contributed by atoms with Crippen molar-refractivity contribution in [2.24, 2.45) is 11.8 Å². The lowest BCUT2D eigenvalue weighted by molar-refractivity contribution is -0.133. The van der Waals surface area contributed by atoms with Crippen molar-refractivity contribution in [1.29, 1.82) is 0 Å². The molecule has 2 unspecified atom stereocenters. The van der Waals surface area contributed by atoms with Crippen molar-refractivity contribution < 1.29 is 18.4 Å². The van der Waals surface area contributed by atoms with Crippen LogP contribution in [0.4, 0.5) is 14.5 Å². The first-order chi connectivity index (χ1) is 10.1. The Balaban J connectivity index is 1.58. The second kappa shape index (κ2) is 5.42. The van der Waals surface area contributed by atoms with E-state index in [4.69, 9.17) is 0 Å². The van der Waals surface area contributed by atoms with Gasteiger partial charge in [0.1, 0.15) is 11.6 Å². The molecule has 6 heteroatoms. The van der Waals surface area contributed by atoms with Gasteiger partial charge < -0.3 is 10.2 Å². The number of nitrogens with one attached hydrogen (secondary N) is 1. The van der Waals surface area contributed by atoms with E-state index in [1.54, 1.807) is 4.90 Å². The second-order valence-corrected chi connectivity index (χ2v) is 5.59. The van der Waals surface area contributed by atoms with E-state index in [0.717, 1.165) is 38.1 Å². The van der Waals surface area contributed by atoms with Gasteiger partial charge in [-0.15, -0.1) is 0 Å². The van der Waals surface area contributed by atoms with E-state index in [0.29, 0.717) is 6.42 Å². The molecular weight excluding hydrogens is 278 g/mol. The zero-order valence-corrected chi connectivity index (χ0v) is 11.4. The van der Waals surface area contributed by atoms with E-state index in [-0.39, 0.29) is 23.4 Å². The quantitative estimate of drug-likeness (QED) is 0.928. The number of hydrogen-bond donors (Lipinski definition) is 1. The van der Waals surface area contributed by atoms with Crippen LogP contribution in [0.3, 0.4) is 0 Å². The lowest BCUT2D eigenvalue weighted by atomic mass is 10.2. The minimum atomic E-state index is -0.814. The SMILES string of the molecule is O=C(Nc1ccc(F)cc1F)C1CC1C(=O)N1CCCC1. The van der Waals surface area contributed by atoms with Crippen LogP contribution in [-0.2, 0) is 9.59 Å². The van der Waals surface area contributed by atoms with Crippen molar-refractivity contribution >= 4 is 17.5 Å². The third-order valence-corrected chi connectivity index (χ3v) is 4.05. The number of amides is 2. The fraction of sp³-hybridized carbons (Fsp3) is 0.467. The average molecular weight is 294 g/mol. The Morgan fingerprint density at radius 3 is 2.52 bits per heavy atom. The Labute approximate surface area is 121 Å². The summed E-state index contributed by atoms with van der Waals surface area (Å²) in [7, 11) is 0. The highest BCUT2D eigenvalue weighted by Crippen LogP contribution is 2.41. The van der Waals surface area contributed by atoms with Gasteiger partial charge in [-0.3, -0.25) is 9.59 Å². The molecule has 0 aromatic heterocycles. The summed E-state index contributed by atoms with van der Waals surface area (Å²) in [5.74, 6) is -2.55. The molecule has 1 aromatic carbocycles. The molecule has 0 radical (unpaired) electrons. The van der Waals surface area contributed by atoms with Crippen LogP contribution >= 0.6 is 0 Å². The summed E-state index contributed by atoms with van der Waals surface area (Å²) in [6.07, 6.45) is 2.52. The predicted octanol–water partition coefficient (Wildman–Crippen LogP) is 2.16. The van der Waals surface area contributed by atoms with Gasteiger partial charge in [0.25, 0.3) is 0 Å². The van der Waals surface area contributed by atoms with Crippen molar-refractivity contribution in [2.45, 2.75) is 19.3 Å². The van der Waals surface area contributed by atoms with Gasteiger partial charge >= 0.3 is 0 Å². The molecule has 2 atom stereocenters. The van der Waals surface area contributed by atoms with Gasteiger partial charge in [-0.1, -0.05) is 0 Å². The van der Waals surface area contributed by atoms with Crippen LogP contribution in [0.2, 0.25) is 0 Å². The molecule has 1 saturated carbocycles. The van der Waals surface area contributed by atoms with Crippen molar-refractivity contribution in [1.82, 2.24) is 4.90 Å². The van der Waals surface area contributed by atoms with E-state index in [9.17, 15) is 18.4 Å². The second-order valence-electron chi connectivity index (χ2n) is 5.59. The van der Waals surface area contributed by atoms with Gasteiger partial charge in [0.2, 0.25) is 11.8 Å². The van der Waals surface area contributed by atoms with Gasteiger partial charge in [-0.25, -0.2) is 8.78 Å². The van der Waals surface area contributed by atoms with Crippen LogP contribution in [0.5, 0.6) is 0 Å². The minimum Gasteiger partial charge on any atom is -0.342 e. The Hall–Kier alpha value is -1.98. The highest BCUT2D eigenvalue weighted by atomic mass is 19.1. The maximum atomic E-state index is 13.5. The summed E-state index contributed by atoms with van der Waals surface area (Å²) >= 11 is 0. The first kappa shape index (κ1) is 14.0. The predicted molar refractivity (Wildman–Crippen MR) is 72.4 cm³/mol. The van der Waals surface area contributed by atoms with Crippen molar-refractivity contribution in [3.63, 3.8) is 0 Å². The average Bonchev–Trinajstić information content (AvgIpc) is 3.06. The zero-order valence-electron chi connectivity index (χ0n) is 11.4. The number of carbonyl (C=O) groups excluding carboxylic acids is 2. The van der Waals surface area contributed by atoms with E-state index in [1.165, 1.54) is 6.07 Å². The molecule has 112 valence electrons. The molecular formula is C15H16F2N2O2. The molecule has 1 heterocycles. The molecule has 1 saturated heterocycles. The number of nitrogens with zero attached hydrogens (tertiary/aromatic N) is 1. The molecule has 0 bridgehead atoms. The third-order valence-electron chi connectivity index (χ3n) is 4.05. The standard InChI is InChI=1S/C15H16F2N2O2/c16-9-3-4-13(12(17)7-9)18-14(20)10-8-11(10)15(21)19-5-1-2-6-19/h3-4,7,10-11H,1-2,5-6,8H2,(H,18,20). The van der Waals surface area contributed by atoms with Gasteiger partial charge in [0.15, 0.2) is 0 Å². The molecule has 2 amide bonds. The summed E-state index contributed by atoms with van der Waals surface area (Å²) in [4.78, 5) is 25.9. The Kier molecular flexibility index (Phi) is 3.61. The Bertz CT molecular complexity index is 585. The number of anilines is 1. The van der Waals surface area contributed by atoms with Crippen LogP contribution < -0.4 is 5.32 Å². The summed E-state index contributed by atoms with van der Waals surface area (Å²) in [5, 5.41) is 2.42. The largest absolute Gasteiger partial charge is 0.342 e. The summed E-state index contributed by atoms with van der Waals surface area (Å²) in [6.45, 7) is 1.52. The molecule has 2 aliphatic rings. The fourth-order valence-electron chi connectivity index (χ4n) is 2.75. The summed E-state index contributed by atoms with van der Waals surface area (Å²) in [6, 6.07) is 2.98. The lowest BCUT2D eigenvalue weighted by Gasteiger charge is -2.14. The first-order valence-corrected chi connectivity index (χ1v) is 7.11. The zero-order chi connectivity index (χ0) is 15.0. The topological polar surface area (TPSA) is 49.4 Å². The van der Waals surface area contributed by atoms with E-state index in [1.807, 2.05) is 0 Å². The maximum absolute atomic E-state index is 13.5. The summed E-state index contributed by atoms with van der Waals surface area (Å²) in [5.41, 5.74) is -0.0549. The van der Waals surface area contributed by atoms with E-state index < -0.39 is 17.6 Å². The first-order valence-electron chi connectivity index (χ1n) is 7.11. The van der Waals surface area contributed by atoms with Crippen LogP contribution in [0.15, 0.2) is 18.2 Å². The van der Waals surface area contributed by atoms with Gasteiger partial charge in [0, 0.05) is 19.2 Å². The number of rotatable bonds is 3. The van der Waals surface area contributed by atoms with Crippen molar-refractivity contribution in [3.8, 4) is 0 Å². The number of hydrogen-bond acceptors (Lipinski definition) is 2. The normalized spacial score (nSPS) is 24.0. The Morgan fingerprint density at radius 2 is 1.86 bits per heavy atom. The van der Waals surface area contributed by atoms with E-state index in [2.05, 4.69) is 5.32 Å². The molecule has 4 nitrogen and oxygen atoms in total. The molecule has 2 fully saturated rings. The van der Waals surface area contributed by atoms with Crippen LogP contribution in [0.1, 0.15) is 19.3 Å². The van der Waals surface area contributed by atoms with Crippen molar-refractivity contribution in [3.05, 3.63) is 29.8 Å². The third kappa shape index (κ3) is 2.89.